The summed E-state index contributed by atoms with van der Waals surface area (Å²) >= 11 is 6.21. The van der Waals surface area contributed by atoms with E-state index in [0.717, 1.165) is 59.5 Å². The van der Waals surface area contributed by atoms with Gasteiger partial charge in [0.1, 0.15) is 11.5 Å². The number of methoxy groups -OCH3 is 2. The number of fused-ring (bicyclic) bond motifs is 2. The summed E-state index contributed by atoms with van der Waals surface area (Å²) in [6.45, 7) is 0. The van der Waals surface area contributed by atoms with Gasteiger partial charge in [-0.15, -0.1) is 0 Å². The van der Waals surface area contributed by atoms with E-state index in [2.05, 4.69) is 10.3 Å². The van der Waals surface area contributed by atoms with Crippen LogP contribution in [0, 0.1) is 5.82 Å². The zero-order valence-electron chi connectivity index (χ0n) is 22.3. The quantitative estimate of drug-likeness (QED) is 0.229. The first-order valence-electron chi connectivity index (χ1n) is 13.3. The van der Waals surface area contributed by atoms with Crippen LogP contribution >= 0.6 is 11.6 Å². The van der Waals surface area contributed by atoms with E-state index in [0.29, 0.717) is 21.9 Å². The molecular formula is C31H29ClFN5O2. The lowest BCUT2D eigenvalue weighted by atomic mass is 9.93. The SMILES string of the molecule is COc1ncccc1Nc1cc2nc3ccc(F)cc3n(-c3ccc(Cl)cc3)c-2cc1=NC1CCC(OC)CC1. The molecule has 1 N–H and O–H groups in total. The second-order valence-corrected chi connectivity index (χ2v) is 10.3. The van der Waals surface area contributed by atoms with Gasteiger partial charge in [0.2, 0.25) is 5.88 Å². The fraction of sp³-hybridized carbons (Fsp3) is 0.258. The number of pyridine rings is 1. The molecule has 1 fully saturated rings. The van der Waals surface area contributed by atoms with Crippen molar-refractivity contribution in [2.45, 2.75) is 37.8 Å². The summed E-state index contributed by atoms with van der Waals surface area (Å²) in [4.78, 5) is 14.5. The van der Waals surface area contributed by atoms with Crippen molar-refractivity contribution in [3.8, 4) is 23.0 Å². The minimum Gasteiger partial charge on any atom is -0.480 e. The Balaban J connectivity index is 1.60. The summed E-state index contributed by atoms with van der Waals surface area (Å²) in [5, 5.41) is 4.88. The number of halogens is 2. The molecule has 1 aliphatic heterocycles. The molecule has 1 saturated carbocycles. The van der Waals surface area contributed by atoms with E-state index in [1.165, 1.54) is 12.1 Å². The summed E-state index contributed by atoms with van der Waals surface area (Å²) in [6.07, 6.45) is 5.76. The van der Waals surface area contributed by atoms with Crippen LogP contribution in [0.1, 0.15) is 25.7 Å². The Bertz CT molecular complexity index is 1700. The Morgan fingerprint density at radius 2 is 1.77 bits per heavy atom. The number of hydrogen-bond acceptors (Lipinski definition) is 6. The highest BCUT2D eigenvalue weighted by atomic mass is 35.5. The molecule has 40 heavy (non-hydrogen) atoms. The van der Waals surface area contributed by atoms with Gasteiger partial charge in [-0.2, -0.15) is 0 Å². The minimum absolute atomic E-state index is 0.148. The van der Waals surface area contributed by atoms with Crippen molar-refractivity contribution in [2.24, 2.45) is 4.99 Å². The lowest BCUT2D eigenvalue weighted by Gasteiger charge is -2.25. The first kappa shape index (κ1) is 26.2. The molecule has 3 aromatic rings. The van der Waals surface area contributed by atoms with Gasteiger partial charge in [0, 0.05) is 30.1 Å². The number of benzene rings is 3. The maximum Gasteiger partial charge on any atom is 0.237 e. The molecule has 2 aliphatic carbocycles. The van der Waals surface area contributed by atoms with Crippen molar-refractivity contribution in [3.63, 3.8) is 0 Å². The summed E-state index contributed by atoms with van der Waals surface area (Å²) < 4.78 is 27.6. The van der Waals surface area contributed by atoms with Crippen molar-refractivity contribution in [1.82, 2.24) is 14.5 Å². The summed E-state index contributed by atoms with van der Waals surface area (Å²) in [5.74, 6) is 0.144. The van der Waals surface area contributed by atoms with Gasteiger partial charge in [-0.05, 0) is 86.3 Å². The standard InChI is InChI=1S/C31H29ClFN5O2/c1-39-23-12-8-21(9-13-23)35-27-18-30-28(17-26(27)37-25-4-3-15-34-31(25)40-2)36-24-14-7-20(33)16-29(24)38(30)22-10-5-19(32)6-11-22/h3-7,10-11,14-18,21,23,37H,8-9,12-13H2,1-2H3. The van der Waals surface area contributed by atoms with Crippen LogP contribution in [0.2, 0.25) is 5.02 Å². The van der Waals surface area contributed by atoms with E-state index < -0.39 is 0 Å². The van der Waals surface area contributed by atoms with Crippen LogP contribution in [-0.4, -0.2) is 40.9 Å². The number of ether oxygens (including phenoxy) is 2. The zero-order valence-corrected chi connectivity index (χ0v) is 23.0. The molecule has 3 aliphatic rings. The van der Waals surface area contributed by atoms with Crippen LogP contribution in [0.3, 0.4) is 0 Å². The molecule has 7 nitrogen and oxygen atoms in total. The third kappa shape index (κ3) is 5.24. The molecule has 0 bridgehead atoms. The molecule has 0 unspecified atom stereocenters. The van der Waals surface area contributed by atoms with E-state index in [9.17, 15) is 4.39 Å². The molecule has 204 valence electrons. The van der Waals surface area contributed by atoms with Gasteiger partial charge in [-0.1, -0.05) is 11.6 Å². The van der Waals surface area contributed by atoms with Crippen molar-refractivity contribution in [2.75, 3.05) is 19.5 Å². The van der Waals surface area contributed by atoms with Gasteiger partial charge in [0.15, 0.2) is 0 Å². The van der Waals surface area contributed by atoms with Gasteiger partial charge >= 0.3 is 0 Å². The van der Waals surface area contributed by atoms with Gasteiger partial charge in [-0.3, -0.25) is 4.99 Å². The van der Waals surface area contributed by atoms with E-state index in [-0.39, 0.29) is 18.0 Å². The lowest BCUT2D eigenvalue weighted by molar-refractivity contribution is 0.0663. The lowest BCUT2D eigenvalue weighted by Crippen LogP contribution is -2.25. The van der Waals surface area contributed by atoms with Crippen LogP contribution in [0.15, 0.2) is 77.9 Å². The molecule has 1 aromatic heterocycles. The summed E-state index contributed by atoms with van der Waals surface area (Å²) in [5.41, 5.74) is 5.18. The largest absolute Gasteiger partial charge is 0.480 e. The number of hydrogen-bond donors (Lipinski definition) is 1. The molecule has 2 aromatic carbocycles. The van der Waals surface area contributed by atoms with E-state index >= 15 is 0 Å². The molecule has 2 heterocycles. The molecule has 0 radical (unpaired) electrons. The maximum absolute atomic E-state index is 14.5. The Labute approximate surface area is 236 Å². The van der Waals surface area contributed by atoms with Gasteiger partial charge in [0.05, 0.1) is 52.7 Å². The Hall–Kier alpha value is -4.01. The van der Waals surface area contributed by atoms with Crippen LogP contribution in [-0.2, 0) is 4.74 Å². The average molecular weight is 558 g/mol. The van der Waals surface area contributed by atoms with Crippen LogP contribution < -0.4 is 15.4 Å². The Morgan fingerprint density at radius 3 is 2.52 bits per heavy atom. The molecule has 0 saturated heterocycles. The molecular weight excluding hydrogens is 529 g/mol. The fourth-order valence-electron chi connectivity index (χ4n) is 5.34. The van der Waals surface area contributed by atoms with Gasteiger partial charge in [0.25, 0.3) is 0 Å². The summed E-state index contributed by atoms with van der Waals surface area (Å²) in [6, 6.07) is 20.0. The molecule has 0 amide bonds. The van der Waals surface area contributed by atoms with Gasteiger partial charge < -0.3 is 19.4 Å². The van der Waals surface area contributed by atoms with Crippen molar-refractivity contribution < 1.29 is 13.9 Å². The number of nitrogens with zero attached hydrogens (tertiary/aromatic N) is 4. The fourth-order valence-corrected chi connectivity index (χ4v) is 5.47. The van der Waals surface area contributed by atoms with Crippen molar-refractivity contribution >= 4 is 34.0 Å². The van der Waals surface area contributed by atoms with E-state index in [4.69, 9.17) is 31.1 Å². The third-order valence-electron chi connectivity index (χ3n) is 7.37. The molecule has 6 rings (SSSR count). The first-order chi connectivity index (χ1) is 19.5. The van der Waals surface area contributed by atoms with Crippen molar-refractivity contribution in [3.05, 3.63) is 89.1 Å². The highest BCUT2D eigenvalue weighted by molar-refractivity contribution is 6.30. The number of anilines is 2. The zero-order chi connectivity index (χ0) is 27.6. The van der Waals surface area contributed by atoms with Crippen molar-refractivity contribution in [1.29, 1.82) is 0 Å². The summed E-state index contributed by atoms with van der Waals surface area (Å²) in [7, 11) is 3.36. The van der Waals surface area contributed by atoms with E-state index in [1.54, 1.807) is 26.5 Å². The number of rotatable bonds is 6. The second-order valence-electron chi connectivity index (χ2n) is 9.90. The van der Waals surface area contributed by atoms with Crippen LogP contribution in [0.5, 0.6) is 5.88 Å². The van der Waals surface area contributed by atoms with Crippen LogP contribution in [0.4, 0.5) is 15.8 Å². The predicted molar refractivity (Wildman–Crippen MR) is 155 cm³/mol. The smallest absolute Gasteiger partial charge is 0.237 e. The van der Waals surface area contributed by atoms with Gasteiger partial charge in [-0.25, -0.2) is 14.4 Å². The maximum atomic E-state index is 14.5. The minimum atomic E-state index is -0.335. The highest BCUT2D eigenvalue weighted by Gasteiger charge is 2.22. The Kier molecular flexibility index (Phi) is 7.36. The topological polar surface area (TPSA) is 73.6 Å². The van der Waals surface area contributed by atoms with E-state index in [1.807, 2.05) is 53.1 Å². The second kappa shape index (κ2) is 11.2. The molecule has 9 heteroatoms. The Morgan fingerprint density at radius 1 is 0.975 bits per heavy atom. The monoisotopic (exact) mass is 557 g/mol. The third-order valence-corrected chi connectivity index (χ3v) is 7.62. The highest BCUT2D eigenvalue weighted by Crippen LogP contribution is 2.33. The predicted octanol–water partition coefficient (Wildman–Crippen LogP) is 6.93. The average Bonchev–Trinajstić information content (AvgIpc) is 2.98. The normalized spacial score (nSPS) is 17.9. The molecule has 0 spiro atoms. The van der Waals surface area contributed by atoms with Crippen LogP contribution in [0.25, 0.3) is 28.1 Å². The number of aromatic nitrogens is 3. The number of nitrogens with one attached hydrogen (secondary N) is 1. The molecule has 0 atom stereocenters. The first-order valence-corrected chi connectivity index (χ1v) is 13.6.